The van der Waals surface area contributed by atoms with E-state index in [9.17, 15) is 0 Å². The number of allylic oxidation sites excluding steroid dienone is 1. The minimum atomic E-state index is 0.342. The molecule has 0 bridgehead atoms. The van der Waals surface area contributed by atoms with Crippen LogP contribution in [0.3, 0.4) is 0 Å². The molecule has 2 aromatic rings. The van der Waals surface area contributed by atoms with Gasteiger partial charge in [0.2, 0.25) is 0 Å². The van der Waals surface area contributed by atoms with E-state index in [1.165, 1.54) is 55.6 Å². The summed E-state index contributed by atoms with van der Waals surface area (Å²) in [5.74, 6) is 0. The summed E-state index contributed by atoms with van der Waals surface area (Å²) in [5, 5.41) is 3.63. The van der Waals surface area contributed by atoms with Crippen molar-refractivity contribution < 1.29 is 0 Å². The largest absolute Gasteiger partial charge is 0.398 e. The zero-order chi connectivity index (χ0) is 20.3. The average Bonchev–Trinajstić information content (AvgIpc) is 3.15. The molecule has 0 saturated carbocycles. The minimum Gasteiger partial charge on any atom is -0.398 e. The van der Waals surface area contributed by atoms with Gasteiger partial charge in [0, 0.05) is 41.9 Å². The highest BCUT2D eigenvalue weighted by Gasteiger charge is 2.41. The van der Waals surface area contributed by atoms with Gasteiger partial charge in [0.25, 0.3) is 0 Å². The Balaban J connectivity index is 1.42. The van der Waals surface area contributed by atoms with Gasteiger partial charge in [-0.2, -0.15) is 0 Å². The molecule has 1 unspecified atom stereocenters. The maximum Gasteiger partial charge on any atom is 0.0527 e. The number of hydrogen-bond donors (Lipinski definition) is 2. The average molecular weight is 391 g/mol. The Morgan fingerprint density at radius 3 is 2.69 bits per heavy atom. The van der Waals surface area contributed by atoms with E-state index in [-0.39, 0.29) is 0 Å². The number of aromatic nitrogens is 1. The molecule has 3 N–H and O–H groups in total. The lowest BCUT2D eigenvalue weighted by Gasteiger charge is -2.43. The summed E-state index contributed by atoms with van der Waals surface area (Å²) in [6.07, 6.45) is 9.03. The highest BCUT2D eigenvalue weighted by Crippen LogP contribution is 2.38. The quantitative estimate of drug-likeness (QED) is 0.793. The fourth-order valence-electron chi connectivity index (χ4n) is 5.04. The lowest BCUT2D eigenvalue weighted by Crippen LogP contribution is -2.54. The summed E-state index contributed by atoms with van der Waals surface area (Å²) < 4.78 is 0. The van der Waals surface area contributed by atoms with Crippen molar-refractivity contribution in [2.24, 2.45) is 5.73 Å². The van der Waals surface area contributed by atoms with Crippen LogP contribution >= 0.6 is 0 Å². The van der Waals surface area contributed by atoms with Gasteiger partial charge in [-0.25, -0.2) is 0 Å². The monoisotopic (exact) mass is 390 g/mol. The molecule has 0 radical (unpaired) electrons. The molecule has 2 aliphatic heterocycles. The van der Waals surface area contributed by atoms with Crippen molar-refractivity contribution in [1.29, 1.82) is 0 Å². The highest BCUT2D eigenvalue weighted by atomic mass is 15.2. The fraction of sp³-hybridized carbons (Fsp3) is 0.480. The van der Waals surface area contributed by atoms with Crippen LogP contribution in [0.15, 0.2) is 48.2 Å². The smallest absolute Gasteiger partial charge is 0.0527 e. The number of pyridine rings is 1. The van der Waals surface area contributed by atoms with Gasteiger partial charge < -0.3 is 16.0 Å². The zero-order valence-electron chi connectivity index (χ0n) is 17.9. The van der Waals surface area contributed by atoms with Crippen molar-refractivity contribution in [3.8, 4) is 0 Å². The Morgan fingerprint density at radius 2 is 1.97 bits per heavy atom. The Kier molecular flexibility index (Phi) is 5.91. The molecule has 2 fully saturated rings. The molecule has 2 saturated heterocycles. The van der Waals surface area contributed by atoms with Crippen LogP contribution in [0.2, 0.25) is 0 Å². The summed E-state index contributed by atoms with van der Waals surface area (Å²) in [6.45, 7) is 7.64. The predicted octanol–water partition coefficient (Wildman–Crippen LogP) is 4.43. The molecule has 4 nitrogen and oxygen atoms in total. The fourth-order valence-corrected chi connectivity index (χ4v) is 5.04. The second-order valence-corrected chi connectivity index (χ2v) is 8.76. The molecule has 0 aliphatic carbocycles. The van der Waals surface area contributed by atoms with E-state index in [4.69, 9.17) is 5.73 Å². The number of nitrogens with zero attached hydrogens (tertiary/aromatic N) is 2. The van der Waals surface area contributed by atoms with Gasteiger partial charge in [-0.05, 0) is 94.3 Å². The van der Waals surface area contributed by atoms with Gasteiger partial charge in [0.05, 0.1) is 5.54 Å². The van der Waals surface area contributed by atoms with Crippen LogP contribution in [0, 0.1) is 6.92 Å². The Bertz CT molecular complexity index is 863. The molecule has 1 atom stereocenters. The summed E-state index contributed by atoms with van der Waals surface area (Å²) in [7, 11) is 0. The molecule has 4 rings (SSSR count). The van der Waals surface area contributed by atoms with Gasteiger partial charge in [0.15, 0.2) is 0 Å². The van der Waals surface area contributed by atoms with Gasteiger partial charge in [-0.3, -0.25) is 4.98 Å². The number of benzene rings is 1. The molecule has 1 aromatic heterocycles. The normalized spacial score (nSPS) is 22.8. The molecule has 0 amide bonds. The zero-order valence-corrected chi connectivity index (χ0v) is 17.9. The number of aryl methyl sites for hydroxylation is 2. The third kappa shape index (κ3) is 4.18. The van der Waals surface area contributed by atoms with Crippen LogP contribution in [-0.2, 0) is 6.42 Å². The molecule has 154 valence electrons. The van der Waals surface area contributed by atoms with Crippen LogP contribution in [0.1, 0.15) is 55.8 Å². The first kappa shape index (κ1) is 20.0. The van der Waals surface area contributed by atoms with Crippen LogP contribution in [0.25, 0.3) is 5.70 Å². The molecule has 3 heterocycles. The highest BCUT2D eigenvalue weighted by molar-refractivity contribution is 5.67. The minimum absolute atomic E-state index is 0.342. The number of anilines is 1. The summed E-state index contributed by atoms with van der Waals surface area (Å²) in [4.78, 5) is 7.02. The Morgan fingerprint density at radius 1 is 1.17 bits per heavy atom. The number of nitrogens with one attached hydrogen (secondary N) is 1. The first-order valence-electron chi connectivity index (χ1n) is 11.0. The molecule has 2 aliphatic rings. The molecule has 1 spiro atoms. The molecule has 29 heavy (non-hydrogen) atoms. The van der Waals surface area contributed by atoms with Crippen molar-refractivity contribution in [2.45, 2.75) is 57.9 Å². The Labute approximate surface area is 175 Å². The molecular formula is C25H34N4. The maximum atomic E-state index is 6.42. The topological polar surface area (TPSA) is 54.2 Å². The predicted molar refractivity (Wildman–Crippen MR) is 122 cm³/mol. The van der Waals surface area contributed by atoms with Crippen LogP contribution < -0.4 is 16.0 Å². The van der Waals surface area contributed by atoms with Crippen molar-refractivity contribution in [3.05, 3.63) is 65.0 Å². The van der Waals surface area contributed by atoms with E-state index in [0.717, 1.165) is 36.3 Å². The van der Waals surface area contributed by atoms with Crippen LogP contribution in [-0.4, -0.2) is 30.2 Å². The Hall–Kier alpha value is -2.33. The number of nitrogens with two attached hydrogens (primary N) is 1. The van der Waals surface area contributed by atoms with Crippen LogP contribution in [0.5, 0.6) is 0 Å². The molecular weight excluding hydrogens is 356 g/mol. The van der Waals surface area contributed by atoms with Crippen LogP contribution in [0.4, 0.5) is 5.69 Å². The lowest BCUT2D eigenvalue weighted by molar-refractivity contribution is 0.316. The second-order valence-electron chi connectivity index (χ2n) is 8.76. The third-order valence-corrected chi connectivity index (χ3v) is 6.84. The number of hydrogen-bond acceptors (Lipinski definition) is 4. The maximum absolute atomic E-state index is 6.42. The van der Waals surface area contributed by atoms with E-state index >= 15 is 0 Å². The van der Waals surface area contributed by atoms with E-state index in [2.05, 4.69) is 52.5 Å². The van der Waals surface area contributed by atoms with Gasteiger partial charge in [-0.1, -0.05) is 12.1 Å². The SMILES string of the molecule is C/C(CCc1ccc(N2CCCC23CCCNC3)cc1)=C(/N)c1cccnc1C. The van der Waals surface area contributed by atoms with E-state index in [1.54, 1.807) is 0 Å². The summed E-state index contributed by atoms with van der Waals surface area (Å²) in [5.41, 5.74) is 13.7. The van der Waals surface area contributed by atoms with Gasteiger partial charge in [0.1, 0.15) is 0 Å². The third-order valence-electron chi connectivity index (χ3n) is 6.84. The van der Waals surface area contributed by atoms with E-state index < -0.39 is 0 Å². The van der Waals surface area contributed by atoms with Gasteiger partial charge >= 0.3 is 0 Å². The van der Waals surface area contributed by atoms with Crippen molar-refractivity contribution in [3.63, 3.8) is 0 Å². The number of piperidine rings is 1. The van der Waals surface area contributed by atoms with Crippen molar-refractivity contribution in [1.82, 2.24) is 10.3 Å². The first-order chi connectivity index (χ1) is 14.1. The lowest BCUT2D eigenvalue weighted by atomic mass is 9.87. The first-order valence-corrected chi connectivity index (χ1v) is 11.0. The molecule has 1 aromatic carbocycles. The van der Waals surface area contributed by atoms with Gasteiger partial charge in [-0.15, -0.1) is 0 Å². The van der Waals surface area contributed by atoms with E-state index in [0.29, 0.717) is 5.54 Å². The standard InChI is InChI=1S/C25H34N4/c1-19(24(26)23-6-3-16-28-20(23)2)7-8-21-9-11-22(12-10-21)29-17-5-14-25(29)13-4-15-27-18-25/h3,6,9-12,16,27H,4-5,7-8,13-15,17-18,26H2,1-2H3/b24-19-. The molecule has 4 heteroatoms. The second kappa shape index (κ2) is 8.58. The summed E-state index contributed by atoms with van der Waals surface area (Å²) in [6, 6.07) is 13.3. The van der Waals surface area contributed by atoms with Crippen molar-refractivity contribution in [2.75, 3.05) is 24.5 Å². The van der Waals surface area contributed by atoms with Crippen molar-refractivity contribution >= 4 is 11.4 Å². The van der Waals surface area contributed by atoms with E-state index in [1.807, 2.05) is 19.2 Å². The summed E-state index contributed by atoms with van der Waals surface area (Å²) >= 11 is 0. The number of rotatable bonds is 5.